The van der Waals surface area contributed by atoms with Crippen LogP contribution in [0.4, 0.5) is 0 Å². The van der Waals surface area contributed by atoms with Gasteiger partial charge >= 0.3 is 5.97 Å². The molecule has 0 bridgehead atoms. The van der Waals surface area contributed by atoms with Crippen LogP contribution in [0.1, 0.15) is 41.1 Å². The summed E-state index contributed by atoms with van der Waals surface area (Å²) < 4.78 is 5.41. The molecule has 4 heteroatoms. The maximum absolute atomic E-state index is 10.7. The predicted molar refractivity (Wildman–Crippen MR) is 75.9 cm³/mol. The van der Waals surface area contributed by atoms with Crippen molar-refractivity contribution in [1.29, 1.82) is 0 Å². The number of carboxylic acid groups (broad SMARTS) is 1. The van der Waals surface area contributed by atoms with E-state index in [-0.39, 0.29) is 12.5 Å². The Balaban J connectivity index is 3.14. The van der Waals surface area contributed by atoms with Crippen molar-refractivity contribution in [2.75, 3.05) is 14.2 Å². The Morgan fingerprint density at radius 1 is 1.37 bits per heavy atom. The Bertz CT molecular complexity index is 469. The first kappa shape index (κ1) is 15.5. The first-order chi connectivity index (χ1) is 8.92. The summed E-state index contributed by atoms with van der Waals surface area (Å²) in [6, 6.07) is 2.14. The van der Waals surface area contributed by atoms with Crippen molar-refractivity contribution >= 4 is 5.97 Å². The normalized spacial score (nSPS) is 12.3. The van der Waals surface area contributed by atoms with Crippen molar-refractivity contribution in [3.63, 3.8) is 0 Å². The number of ether oxygens (including phenoxy) is 1. The zero-order valence-corrected chi connectivity index (χ0v) is 12.3. The highest BCUT2D eigenvalue weighted by Crippen LogP contribution is 2.32. The van der Waals surface area contributed by atoms with Gasteiger partial charge in [-0.1, -0.05) is 6.07 Å². The second-order valence-electron chi connectivity index (χ2n) is 4.84. The lowest BCUT2D eigenvalue weighted by Crippen LogP contribution is -2.19. The lowest BCUT2D eigenvalue weighted by molar-refractivity contribution is -0.137. The molecule has 1 unspecified atom stereocenters. The highest BCUT2D eigenvalue weighted by Gasteiger charge is 2.18. The SMILES string of the molecule is CNC(CCC(=O)O)c1cc(C)c(OC)c(C)c1C. The molecule has 0 aliphatic rings. The standard InChI is InChI=1S/C15H23NO3/c1-9-8-12(10(2)11(3)15(9)19-5)13(16-4)6-7-14(17)18/h8,13,16H,6-7H2,1-5H3,(H,17,18). The molecule has 0 spiro atoms. The van der Waals surface area contributed by atoms with Crippen LogP contribution in [0.2, 0.25) is 0 Å². The Morgan fingerprint density at radius 3 is 2.47 bits per heavy atom. The van der Waals surface area contributed by atoms with Gasteiger partial charge in [-0.15, -0.1) is 0 Å². The van der Waals surface area contributed by atoms with Crippen LogP contribution >= 0.6 is 0 Å². The van der Waals surface area contributed by atoms with E-state index in [0.29, 0.717) is 6.42 Å². The van der Waals surface area contributed by atoms with Gasteiger partial charge in [-0.3, -0.25) is 4.79 Å². The van der Waals surface area contributed by atoms with Crippen LogP contribution < -0.4 is 10.1 Å². The van der Waals surface area contributed by atoms with Crippen LogP contribution in [0.3, 0.4) is 0 Å². The zero-order chi connectivity index (χ0) is 14.6. The molecule has 0 aliphatic heterocycles. The van der Waals surface area contributed by atoms with Gasteiger partial charge in [0.1, 0.15) is 5.75 Å². The number of hydrogen-bond donors (Lipinski definition) is 2. The van der Waals surface area contributed by atoms with E-state index in [0.717, 1.165) is 28.0 Å². The molecular weight excluding hydrogens is 242 g/mol. The molecular formula is C15H23NO3. The van der Waals surface area contributed by atoms with Crippen LogP contribution in [-0.2, 0) is 4.79 Å². The summed E-state index contributed by atoms with van der Waals surface area (Å²) in [7, 11) is 3.54. The minimum atomic E-state index is -0.764. The monoisotopic (exact) mass is 265 g/mol. The van der Waals surface area contributed by atoms with E-state index >= 15 is 0 Å². The fourth-order valence-electron chi connectivity index (χ4n) is 2.49. The van der Waals surface area contributed by atoms with Gasteiger partial charge in [-0.05, 0) is 56.5 Å². The molecule has 1 rings (SSSR count). The average molecular weight is 265 g/mol. The van der Waals surface area contributed by atoms with Crippen LogP contribution in [0.25, 0.3) is 0 Å². The molecule has 2 N–H and O–H groups in total. The van der Waals surface area contributed by atoms with E-state index in [4.69, 9.17) is 9.84 Å². The summed E-state index contributed by atoms with van der Waals surface area (Å²) in [6.45, 7) is 6.10. The Hall–Kier alpha value is -1.55. The van der Waals surface area contributed by atoms with Crippen molar-refractivity contribution in [3.05, 3.63) is 28.3 Å². The summed E-state index contributed by atoms with van der Waals surface area (Å²) in [5.41, 5.74) is 4.51. The predicted octanol–water partition coefficient (Wildman–Crippen LogP) is 2.75. The third-order valence-corrected chi connectivity index (χ3v) is 3.64. The van der Waals surface area contributed by atoms with E-state index < -0.39 is 5.97 Å². The Kier molecular flexibility index (Phi) is 5.36. The topological polar surface area (TPSA) is 58.6 Å². The fourth-order valence-corrected chi connectivity index (χ4v) is 2.49. The van der Waals surface area contributed by atoms with Gasteiger partial charge in [0, 0.05) is 12.5 Å². The minimum absolute atomic E-state index is 0.0550. The van der Waals surface area contributed by atoms with Gasteiger partial charge in [0.25, 0.3) is 0 Å². The summed E-state index contributed by atoms with van der Waals surface area (Å²) in [5.74, 6) is 0.147. The zero-order valence-electron chi connectivity index (χ0n) is 12.3. The molecule has 1 aromatic rings. The molecule has 4 nitrogen and oxygen atoms in total. The van der Waals surface area contributed by atoms with Crippen molar-refractivity contribution in [2.24, 2.45) is 0 Å². The molecule has 0 saturated carbocycles. The third kappa shape index (κ3) is 3.47. The van der Waals surface area contributed by atoms with Gasteiger partial charge in [0.15, 0.2) is 0 Å². The largest absolute Gasteiger partial charge is 0.496 e. The molecule has 0 aromatic heterocycles. The third-order valence-electron chi connectivity index (χ3n) is 3.64. The first-order valence-electron chi connectivity index (χ1n) is 6.46. The number of methoxy groups -OCH3 is 1. The molecule has 106 valence electrons. The van der Waals surface area contributed by atoms with Gasteiger partial charge in [-0.25, -0.2) is 0 Å². The van der Waals surface area contributed by atoms with E-state index in [1.54, 1.807) is 7.11 Å². The quantitative estimate of drug-likeness (QED) is 0.830. The second-order valence-corrected chi connectivity index (χ2v) is 4.84. The number of nitrogens with one attached hydrogen (secondary N) is 1. The van der Waals surface area contributed by atoms with E-state index in [1.165, 1.54) is 0 Å². The fraction of sp³-hybridized carbons (Fsp3) is 0.533. The van der Waals surface area contributed by atoms with Crippen LogP contribution in [-0.4, -0.2) is 25.2 Å². The van der Waals surface area contributed by atoms with Gasteiger partial charge in [-0.2, -0.15) is 0 Å². The Morgan fingerprint density at radius 2 is 2.00 bits per heavy atom. The second kappa shape index (κ2) is 6.57. The molecule has 0 aliphatic carbocycles. The number of rotatable bonds is 6. The summed E-state index contributed by atoms with van der Waals surface area (Å²) in [6.07, 6.45) is 0.743. The van der Waals surface area contributed by atoms with E-state index in [9.17, 15) is 4.79 Å². The number of aryl methyl sites for hydroxylation is 1. The van der Waals surface area contributed by atoms with Crippen LogP contribution in [0.5, 0.6) is 5.75 Å². The van der Waals surface area contributed by atoms with Gasteiger partial charge < -0.3 is 15.2 Å². The van der Waals surface area contributed by atoms with Crippen molar-refractivity contribution in [3.8, 4) is 5.75 Å². The number of hydrogen-bond acceptors (Lipinski definition) is 3. The molecule has 1 atom stereocenters. The average Bonchev–Trinajstić information content (AvgIpc) is 2.36. The molecule has 0 fully saturated rings. The molecule has 0 heterocycles. The van der Waals surface area contributed by atoms with E-state index in [2.05, 4.69) is 18.3 Å². The smallest absolute Gasteiger partial charge is 0.303 e. The van der Waals surface area contributed by atoms with E-state index in [1.807, 2.05) is 20.9 Å². The summed E-state index contributed by atoms with van der Waals surface area (Å²) in [5, 5.41) is 12.0. The Labute approximate surface area is 114 Å². The summed E-state index contributed by atoms with van der Waals surface area (Å²) >= 11 is 0. The van der Waals surface area contributed by atoms with Crippen LogP contribution in [0.15, 0.2) is 6.07 Å². The highest BCUT2D eigenvalue weighted by atomic mass is 16.5. The lowest BCUT2D eigenvalue weighted by atomic mass is 9.92. The minimum Gasteiger partial charge on any atom is -0.496 e. The number of carbonyl (C=O) groups is 1. The number of aliphatic carboxylic acids is 1. The van der Waals surface area contributed by atoms with Crippen molar-refractivity contribution in [2.45, 2.75) is 39.7 Å². The highest BCUT2D eigenvalue weighted by molar-refractivity contribution is 5.66. The molecule has 1 aromatic carbocycles. The van der Waals surface area contributed by atoms with Crippen molar-refractivity contribution in [1.82, 2.24) is 5.32 Å². The molecule has 19 heavy (non-hydrogen) atoms. The maximum Gasteiger partial charge on any atom is 0.303 e. The maximum atomic E-state index is 10.7. The van der Waals surface area contributed by atoms with Crippen molar-refractivity contribution < 1.29 is 14.6 Å². The molecule has 0 radical (unpaired) electrons. The number of benzene rings is 1. The molecule has 0 amide bonds. The number of carboxylic acids is 1. The van der Waals surface area contributed by atoms with Gasteiger partial charge in [0.05, 0.1) is 7.11 Å². The first-order valence-corrected chi connectivity index (χ1v) is 6.46. The molecule has 0 saturated heterocycles. The van der Waals surface area contributed by atoms with Gasteiger partial charge in [0.2, 0.25) is 0 Å². The van der Waals surface area contributed by atoms with Crippen LogP contribution in [0, 0.1) is 20.8 Å². The lowest BCUT2D eigenvalue weighted by Gasteiger charge is -2.22. The summed E-state index contributed by atoms with van der Waals surface area (Å²) in [4.78, 5) is 10.7.